The summed E-state index contributed by atoms with van der Waals surface area (Å²) in [6.45, 7) is 2.62. The van der Waals surface area contributed by atoms with Crippen LogP contribution in [0.1, 0.15) is 12.5 Å². The molecule has 1 unspecified atom stereocenters. The molecule has 0 aliphatic heterocycles. The van der Waals surface area contributed by atoms with Crippen molar-refractivity contribution in [3.63, 3.8) is 0 Å². The van der Waals surface area contributed by atoms with Crippen LogP contribution in [0.2, 0.25) is 0 Å². The Morgan fingerprint density at radius 1 is 1.39 bits per heavy atom. The van der Waals surface area contributed by atoms with Crippen LogP contribution in [0, 0.1) is 0 Å². The molecule has 5 heteroatoms. The Balaban J connectivity index is 2.61. The van der Waals surface area contributed by atoms with Crippen molar-refractivity contribution in [2.24, 2.45) is 5.73 Å². The smallest absolute Gasteiger partial charge is 0.239 e. The van der Waals surface area contributed by atoms with E-state index >= 15 is 0 Å². The van der Waals surface area contributed by atoms with E-state index in [0.29, 0.717) is 19.5 Å². The first-order valence-electron chi connectivity index (χ1n) is 6.01. The van der Waals surface area contributed by atoms with Gasteiger partial charge in [0.2, 0.25) is 5.91 Å². The molecule has 4 N–H and O–H groups in total. The Hall–Kier alpha value is -1.59. The minimum atomic E-state index is -0.624. The van der Waals surface area contributed by atoms with E-state index in [0.717, 1.165) is 5.56 Å². The molecule has 18 heavy (non-hydrogen) atoms. The Morgan fingerprint density at radius 3 is 2.50 bits per heavy atom. The first kappa shape index (κ1) is 14.5. The standard InChI is InChI=1S/C13H20N2O3/c1-2-15(7-8-16)13(18)12(14)9-10-3-5-11(17)6-4-10/h3-6,12,16-17H,2,7-9,14H2,1H3. The molecule has 0 bridgehead atoms. The molecule has 0 aliphatic carbocycles. The molecule has 0 fully saturated rings. The van der Waals surface area contributed by atoms with Crippen LogP contribution in [0.5, 0.6) is 5.75 Å². The van der Waals surface area contributed by atoms with Gasteiger partial charge < -0.3 is 20.8 Å². The molecule has 0 saturated heterocycles. The third-order valence-electron chi connectivity index (χ3n) is 2.77. The second-order valence-corrected chi connectivity index (χ2v) is 4.12. The van der Waals surface area contributed by atoms with Gasteiger partial charge in [-0.1, -0.05) is 12.1 Å². The van der Waals surface area contributed by atoms with Crippen molar-refractivity contribution in [1.29, 1.82) is 0 Å². The van der Waals surface area contributed by atoms with E-state index in [1.807, 2.05) is 6.92 Å². The Labute approximate surface area is 107 Å². The van der Waals surface area contributed by atoms with Gasteiger partial charge in [-0.2, -0.15) is 0 Å². The van der Waals surface area contributed by atoms with Crippen LogP contribution in [0.15, 0.2) is 24.3 Å². The predicted molar refractivity (Wildman–Crippen MR) is 69.1 cm³/mol. The van der Waals surface area contributed by atoms with Crippen molar-refractivity contribution >= 4 is 5.91 Å². The monoisotopic (exact) mass is 252 g/mol. The number of carbonyl (C=O) groups is 1. The number of amides is 1. The highest BCUT2D eigenvalue weighted by atomic mass is 16.3. The van der Waals surface area contributed by atoms with Gasteiger partial charge in [0.15, 0.2) is 0 Å². The van der Waals surface area contributed by atoms with Crippen LogP contribution in [0.3, 0.4) is 0 Å². The molecule has 0 saturated carbocycles. The zero-order chi connectivity index (χ0) is 13.5. The van der Waals surface area contributed by atoms with Crippen LogP contribution in [0.4, 0.5) is 0 Å². The Kier molecular flexibility index (Phi) is 5.61. The third-order valence-corrected chi connectivity index (χ3v) is 2.77. The molecule has 1 atom stereocenters. The zero-order valence-corrected chi connectivity index (χ0v) is 10.5. The first-order valence-corrected chi connectivity index (χ1v) is 6.01. The van der Waals surface area contributed by atoms with E-state index in [9.17, 15) is 4.79 Å². The van der Waals surface area contributed by atoms with Gasteiger partial charge in [0.1, 0.15) is 5.75 Å². The lowest BCUT2D eigenvalue weighted by atomic mass is 10.1. The highest BCUT2D eigenvalue weighted by molar-refractivity contribution is 5.82. The Morgan fingerprint density at radius 2 is 2.00 bits per heavy atom. The number of aliphatic hydroxyl groups excluding tert-OH is 1. The summed E-state index contributed by atoms with van der Waals surface area (Å²) < 4.78 is 0. The van der Waals surface area contributed by atoms with Crippen LogP contribution in [-0.4, -0.2) is 46.8 Å². The van der Waals surface area contributed by atoms with E-state index in [-0.39, 0.29) is 18.3 Å². The molecule has 1 aromatic rings. The number of aliphatic hydroxyl groups is 1. The Bertz CT molecular complexity index is 378. The molecule has 0 heterocycles. The summed E-state index contributed by atoms with van der Waals surface area (Å²) in [4.78, 5) is 13.5. The largest absolute Gasteiger partial charge is 0.508 e. The van der Waals surface area contributed by atoms with Gasteiger partial charge in [0.25, 0.3) is 0 Å². The highest BCUT2D eigenvalue weighted by Gasteiger charge is 2.19. The summed E-state index contributed by atoms with van der Waals surface area (Å²) in [5.74, 6) is 0.0220. The summed E-state index contributed by atoms with van der Waals surface area (Å²) in [6.07, 6.45) is 0.418. The van der Waals surface area contributed by atoms with E-state index in [4.69, 9.17) is 15.9 Å². The highest BCUT2D eigenvalue weighted by Crippen LogP contribution is 2.11. The number of hydrogen-bond donors (Lipinski definition) is 3. The molecule has 1 aromatic carbocycles. The summed E-state index contributed by atoms with van der Waals surface area (Å²) in [5.41, 5.74) is 6.76. The van der Waals surface area contributed by atoms with E-state index in [2.05, 4.69) is 0 Å². The van der Waals surface area contributed by atoms with Gasteiger partial charge in [-0.25, -0.2) is 0 Å². The average molecular weight is 252 g/mol. The minimum Gasteiger partial charge on any atom is -0.508 e. The maximum absolute atomic E-state index is 12.0. The number of carbonyl (C=O) groups excluding carboxylic acids is 1. The number of hydrogen-bond acceptors (Lipinski definition) is 4. The summed E-state index contributed by atoms with van der Waals surface area (Å²) in [6, 6.07) is 5.99. The fourth-order valence-electron chi connectivity index (χ4n) is 1.75. The fraction of sp³-hybridized carbons (Fsp3) is 0.462. The lowest BCUT2D eigenvalue weighted by Crippen LogP contribution is -2.45. The fourth-order valence-corrected chi connectivity index (χ4v) is 1.75. The van der Waals surface area contributed by atoms with Gasteiger partial charge in [0.05, 0.1) is 12.6 Å². The lowest BCUT2D eigenvalue weighted by Gasteiger charge is -2.23. The number of aromatic hydroxyl groups is 1. The molecule has 0 aromatic heterocycles. The summed E-state index contributed by atoms with van der Waals surface area (Å²) in [5, 5.41) is 18.0. The van der Waals surface area contributed by atoms with E-state index < -0.39 is 6.04 Å². The van der Waals surface area contributed by atoms with Crippen molar-refractivity contribution in [2.45, 2.75) is 19.4 Å². The number of rotatable bonds is 6. The van der Waals surface area contributed by atoms with Crippen LogP contribution in [0.25, 0.3) is 0 Å². The van der Waals surface area contributed by atoms with Gasteiger partial charge in [0, 0.05) is 13.1 Å². The van der Waals surface area contributed by atoms with Crippen molar-refractivity contribution < 1.29 is 15.0 Å². The summed E-state index contributed by atoms with van der Waals surface area (Å²) >= 11 is 0. The topological polar surface area (TPSA) is 86.8 Å². The van der Waals surface area contributed by atoms with Crippen LogP contribution >= 0.6 is 0 Å². The van der Waals surface area contributed by atoms with Crippen molar-refractivity contribution in [3.05, 3.63) is 29.8 Å². The van der Waals surface area contributed by atoms with Crippen molar-refractivity contribution in [1.82, 2.24) is 4.90 Å². The minimum absolute atomic E-state index is 0.0640. The number of phenolic OH excluding ortho intramolecular Hbond substituents is 1. The van der Waals surface area contributed by atoms with Crippen LogP contribution in [-0.2, 0) is 11.2 Å². The van der Waals surface area contributed by atoms with Gasteiger partial charge in [-0.3, -0.25) is 4.79 Å². The SMILES string of the molecule is CCN(CCO)C(=O)C(N)Cc1ccc(O)cc1. The molecule has 100 valence electrons. The molecular weight excluding hydrogens is 232 g/mol. The van der Waals surface area contributed by atoms with Crippen molar-refractivity contribution in [2.75, 3.05) is 19.7 Å². The number of phenols is 1. The maximum atomic E-state index is 12.0. The lowest BCUT2D eigenvalue weighted by molar-refractivity contribution is -0.132. The second kappa shape index (κ2) is 6.98. The molecule has 0 radical (unpaired) electrons. The van der Waals surface area contributed by atoms with Gasteiger partial charge >= 0.3 is 0 Å². The predicted octanol–water partition coefficient (Wildman–Crippen LogP) is 0.103. The molecule has 5 nitrogen and oxygen atoms in total. The van der Waals surface area contributed by atoms with Gasteiger partial charge in [-0.05, 0) is 31.0 Å². The molecule has 0 spiro atoms. The average Bonchev–Trinajstić information content (AvgIpc) is 2.37. The molecule has 1 amide bonds. The number of likely N-dealkylation sites (N-methyl/N-ethyl adjacent to an activating group) is 1. The molecular formula is C13H20N2O3. The van der Waals surface area contributed by atoms with E-state index in [1.54, 1.807) is 24.3 Å². The third kappa shape index (κ3) is 4.01. The van der Waals surface area contributed by atoms with Crippen LogP contribution < -0.4 is 5.73 Å². The zero-order valence-electron chi connectivity index (χ0n) is 10.5. The second-order valence-electron chi connectivity index (χ2n) is 4.12. The molecule has 0 aliphatic rings. The van der Waals surface area contributed by atoms with E-state index in [1.165, 1.54) is 4.90 Å². The number of benzene rings is 1. The first-order chi connectivity index (χ1) is 8.58. The quantitative estimate of drug-likeness (QED) is 0.670. The van der Waals surface area contributed by atoms with Crippen molar-refractivity contribution in [3.8, 4) is 5.75 Å². The summed E-state index contributed by atoms with van der Waals surface area (Å²) in [7, 11) is 0. The number of nitrogens with two attached hydrogens (primary N) is 1. The maximum Gasteiger partial charge on any atom is 0.239 e. The normalized spacial score (nSPS) is 12.2. The van der Waals surface area contributed by atoms with Gasteiger partial charge in [-0.15, -0.1) is 0 Å². The number of nitrogens with zero attached hydrogens (tertiary/aromatic N) is 1. The molecule has 1 rings (SSSR count).